The second kappa shape index (κ2) is 10.4. The van der Waals surface area contributed by atoms with Crippen molar-refractivity contribution < 1.29 is 45.0 Å². The van der Waals surface area contributed by atoms with Gasteiger partial charge in [-0.15, -0.1) is 0 Å². The van der Waals surface area contributed by atoms with Gasteiger partial charge in [0.25, 0.3) is 54.1 Å². The molecule has 5 fully saturated rings. The number of rotatable bonds is 9. The molecule has 0 saturated carbocycles. The zero-order chi connectivity index (χ0) is 34.8. The van der Waals surface area contributed by atoms with Gasteiger partial charge in [-0.3, -0.25) is 30.3 Å². The number of benzene rings is 1. The molecule has 0 aromatic heterocycles. The van der Waals surface area contributed by atoms with Gasteiger partial charge < -0.3 is 0 Å². The van der Waals surface area contributed by atoms with Gasteiger partial charge in [0.1, 0.15) is 5.56 Å². The third-order valence-corrected chi connectivity index (χ3v) is 7.13. The van der Waals surface area contributed by atoms with Crippen molar-refractivity contribution in [2.45, 2.75) is 43.9 Å². The highest BCUT2D eigenvalue weighted by Gasteiger charge is 2.89. The molecule has 0 unspecified atom stereocenters. The minimum absolute atomic E-state index is 0.180. The summed E-state index contributed by atoms with van der Waals surface area (Å²) >= 11 is 0. The second-order valence-electron chi connectivity index (χ2n) is 9.07. The van der Waals surface area contributed by atoms with E-state index in [9.17, 15) is 91.0 Å². The van der Waals surface area contributed by atoms with Crippen LogP contribution in [0.15, 0.2) is 12.1 Å². The minimum atomic E-state index is -2.47. The number of non-ortho nitro benzene ring substituents is 1. The molecule has 0 radical (unpaired) electrons. The first-order valence-corrected chi connectivity index (χ1v) is 11.4. The molecule has 33 heteroatoms. The lowest BCUT2D eigenvalue weighted by atomic mass is 10.1. The Hall–Kier alpha value is -7.38. The van der Waals surface area contributed by atoms with Gasteiger partial charge in [0, 0.05) is 0 Å². The summed E-state index contributed by atoms with van der Waals surface area (Å²) in [6.07, 6.45) is -14.4. The molecule has 0 atom stereocenters. The van der Waals surface area contributed by atoms with Crippen LogP contribution in [-0.4, -0.2) is 112 Å². The maximum absolute atomic E-state index is 11.7. The largest absolute Gasteiger partial charge is 0.286 e. The third-order valence-electron chi connectivity index (χ3n) is 7.13. The molecule has 5 heterocycles. The topological polar surface area (TPSA) is 408 Å². The molecule has 246 valence electrons. The maximum atomic E-state index is 11.7. The quantitative estimate of drug-likeness (QED) is 0.197. The van der Waals surface area contributed by atoms with Gasteiger partial charge in [-0.2, -0.15) is 0 Å². The van der Waals surface area contributed by atoms with E-state index in [0.29, 0.717) is 12.1 Å². The molecule has 0 spiro atoms. The number of hydrazine groups is 6. The first-order valence-electron chi connectivity index (χ1n) is 11.4. The van der Waals surface area contributed by atoms with E-state index < -0.39 is 99.0 Å². The minimum Gasteiger partial charge on any atom is -0.258 e. The Balaban J connectivity index is 0.000000254. The van der Waals surface area contributed by atoms with Crippen molar-refractivity contribution in [2.75, 3.05) is 0 Å². The number of nitro benzene ring substituents is 3. The van der Waals surface area contributed by atoms with E-state index >= 15 is 0 Å². The van der Waals surface area contributed by atoms with Crippen LogP contribution in [0, 0.1) is 98.0 Å². The van der Waals surface area contributed by atoms with Crippen molar-refractivity contribution in [3.05, 3.63) is 109 Å². The summed E-state index contributed by atoms with van der Waals surface area (Å²) in [5, 5.41) is 91.9. The zero-order valence-corrected chi connectivity index (χ0v) is 21.7. The first-order chi connectivity index (χ1) is 21.3. The first kappa shape index (κ1) is 31.6. The van der Waals surface area contributed by atoms with E-state index in [0.717, 1.165) is 0 Å². The molecule has 5 saturated heterocycles. The molecule has 6 bridgehead atoms. The third kappa shape index (κ3) is 4.24. The highest BCUT2D eigenvalue weighted by atomic mass is 16.7. The van der Waals surface area contributed by atoms with Crippen LogP contribution in [0.2, 0.25) is 0 Å². The SMILES string of the molecule is Cc1c([N+](=O)[O-])cc([N+](=O)[O-])cc1[N+](=O)[O-].O=[N+]([O-])N1C2C3N([N+](=O)[O-])[C@H]4[C@@H](N3[N+](=O)[O-])N([N+](=O)[O-])[C@@H]1[C@@H](N2[N+](=O)[O-])N4[N+](=O)[O-]. The van der Waals surface area contributed by atoms with E-state index in [2.05, 4.69) is 0 Å². The van der Waals surface area contributed by atoms with Crippen molar-refractivity contribution >= 4 is 17.1 Å². The Morgan fingerprint density at radius 1 is 0.413 bits per heavy atom. The van der Waals surface area contributed by atoms with Gasteiger partial charge in [-0.05, 0) is 6.92 Å². The molecule has 5 aliphatic rings. The molecule has 33 nitrogen and oxygen atoms in total. The van der Waals surface area contributed by atoms with Gasteiger partial charge in [0.05, 0.1) is 26.9 Å². The van der Waals surface area contributed by atoms with E-state index in [1.165, 1.54) is 6.92 Å². The van der Waals surface area contributed by atoms with Crippen molar-refractivity contribution in [1.82, 2.24) is 30.1 Å². The summed E-state index contributed by atoms with van der Waals surface area (Å²) in [4.78, 5) is 98.7. The summed E-state index contributed by atoms with van der Waals surface area (Å²) in [5.74, 6) is 0. The fourth-order valence-corrected chi connectivity index (χ4v) is 5.62. The number of hydrogen-bond acceptors (Lipinski definition) is 18. The predicted molar refractivity (Wildman–Crippen MR) is 127 cm³/mol. The average molecular weight is 665 g/mol. The molecule has 5 aliphatic heterocycles. The number of nitro groups is 9. The molecule has 1 aromatic rings. The second-order valence-corrected chi connectivity index (χ2v) is 9.07. The van der Waals surface area contributed by atoms with E-state index in [1.807, 2.05) is 0 Å². The lowest BCUT2D eigenvalue weighted by Crippen LogP contribution is -2.77. The van der Waals surface area contributed by atoms with Gasteiger partial charge in [0.15, 0.2) is 30.2 Å². The van der Waals surface area contributed by atoms with Gasteiger partial charge in [-0.1, -0.05) is 30.1 Å². The van der Waals surface area contributed by atoms with E-state index in [-0.39, 0.29) is 35.6 Å². The Morgan fingerprint density at radius 2 is 0.609 bits per heavy atom. The van der Waals surface area contributed by atoms with Crippen LogP contribution in [0.25, 0.3) is 0 Å². The van der Waals surface area contributed by atoms with Crippen LogP contribution in [0.3, 0.4) is 0 Å². The summed E-state index contributed by atoms with van der Waals surface area (Å²) in [6, 6.07) is 1.39. The summed E-state index contributed by atoms with van der Waals surface area (Å²) in [6.45, 7) is 1.17. The molecule has 0 N–H and O–H groups in total. The fourth-order valence-electron chi connectivity index (χ4n) is 5.62. The van der Waals surface area contributed by atoms with Gasteiger partial charge in [0.2, 0.25) is 0 Å². The lowest BCUT2D eigenvalue weighted by molar-refractivity contribution is -0.792. The average Bonchev–Trinajstić information content (AvgIpc) is 3.37. The van der Waals surface area contributed by atoms with Crippen molar-refractivity contribution in [2.24, 2.45) is 0 Å². The Bertz CT molecular complexity index is 1470. The lowest BCUT2D eigenvalue weighted by Gasteiger charge is -2.39. The van der Waals surface area contributed by atoms with Gasteiger partial charge >= 0.3 is 0 Å². The van der Waals surface area contributed by atoms with Gasteiger partial charge in [-0.25, -0.2) is 60.7 Å². The molecule has 1 aromatic carbocycles. The summed E-state index contributed by atoms with van der Waals surface area (Å²) in [5.41, 5.74) is -2.16. The molecule has 0 amide bonds. The predicted octanol–water partition coefficient (Wildman–Crippen LogP) is -2.32. The monoisotopic (exact) mass is 665 g/mol. The molecular weight excluding hydrogens is 654 g/mol. The standard InChI is InChI=1S/C7H5N3O6.C6H6N12O12/c1-4-6(9(13)14)2-5(8(11)12)3-7(4)10(15)16;19-13(20)7-1-2-8(14(21)22)5(7)6-9(15(23)24)3(11(1)17(27)28)4(10(6)16(25)26)12(2)18(29)30/h2-3H,1H3;1-6H/t;1-,2+,3+,4-,5?,6?. The van der Waals surface area contributed by atoms with Crippen LogP contribution in [0.4, 0.5) is 17.1 Å². The van der Waals surface area contributed by atoms with Crippen molar-refractivity contribution in [1.29, 1.82) is 0 Å². The molecule has 46 heavy (non-hydrogen) atoms. The van der Waals surface area contributed by atoms with Crippen LogP contribution >= 0.6 is 0 Å². The van der Waals surface area contributed by atoms with Crippen LogP contribution in [-0.2, 0) is 0 Å². The highest BCUT2D eigenvalue weighted by Crippen LogP contribution is 2.51. The van der Waals surface area contributed by atoms with Crippen LogP contribution < -0.4 is 0 Å². The number of nitrogens with zero attached hydrogens (tertiary/aromatic N) is 15. The number of hydrogen-bond donors (Lipinski definition) is 0. The van der Waals surface area contributed by atoms with Crippen LogP contribution in [0.5, 0.6) is 0 Å². The van der Waals surface area contributed by atoms with Crippen molar-refractivity contribution in [3.8, 4) is 0 Å². The normalized spacial score (nSPS) is 25.1. The molecular formula is C13H11N15O18. The number of piperazine rings is 1. The highest BCUT2D eigenvalue weighted by molar-refractivity contribution is 5.59. The maximum Gasteiger partial charge on any atom is 0.286 e. The molecule has 6 rings (SSSR count). The molecule has 0 aliphatic carbocycles. The Kier molecular flexibility index (Phi) is 7.14. The summed E-state index contributed by atoms with van der Waals surface area (Å²) in [7, 11) is 0. The van der Waals surface area contributed by atoms with Crippen LogP contribution in [0.1, 0.15) is 5.56 Å². The fraction of sp³-hybridized carbons (Fsp3) is 0.538. The Labute approximate surface area is 245 Å². The van der Waals surface area contributed by atoms with E-state index in [4.69, 9.17) is 0 Å². The van der Waals surface area contributed by atoms with E-state index in [1.54, 1.807) is 0 Å². The Morgan fingerprint density at radius 3 is 0.739 bits per heavy atom. The van der Waals surface area contributed by atoms with Crippen molar-refractivity contribution in [3.63, 3.8) is 0 Å². The zero-order valence-electron chi connectivity index (χ0n) is 21.7. The smallest absolute Gasteiger partial charge is 0.258 e. The summed E-state index contributed by atoms with van der Waals surface area (Å²) < 4.78 is 0.